The first-order valence-electron chi connectivity index (χ1n) is 10.9. The van der Waals surface area contributed by atoms with Crippen molar-refractivity contribution in [1.82, 2.24) is 19.7 Å². The fourth-order valence-corrected chi connectivity index (χ4v) is 5.53. The molecule has 0 bridgehead atoms. The molecule has 0 fully saturated rings. The van der Waals surface area contributed by atoms with Crippen LogP contribution < -0.4 is 10.0 Å². The third-order valence-electron chi connectivity index (χ3n) is 5.49. The number of sulfonamides is 1. The molecule has 0 amide bonds. The quantitative estimate of drug-likeness (QED) is 0.273. The van der Waals surface area contributed by atoms with Crippen molar-refractivity contribution in [2.75, 3.05) is 10.0 Å². The zero-order chi connectivity index (χ0) is 25.3. The van der Waals surface area contributed by atoms with E-state index in [1.807, 2.05) is 37.4 Å². The Kier molecular flexibility index (Phi) is 6.53. The summed E-state index contributed by atoms with van der Waals surface area (Å²) in [5.74, 6) is 0.505. The number of hydrogen-bond acceptors (Lipinski definition) is 6. The van der Waals surface area contributed by atoms with E-state index in [-0.39, 0.29) is 14.9 Å². The normalized spacial score (nSPS) is 11.5. The van der Waals surface area contributed by atoms with Gasteiger partial charge in [0.15, 0.2) is 5.65 Å². The highest BCUT2D eigenvalue weighted by atomic mass is 35.5. The van der Waals surface area contributed by atoms with E-state index in [2.05, 4.69) is 25.1 Å². The lowest BCUT2D eigenvalue weighted by Gasteiger charge is -2.10. The molecule has 0 aliphatic rings. The van der Waals surface area contributed by atoms with E-state index in [1.54, 1.807) is 35.1 Å². The monoisotopic (exact) mass is 538 g/mol. The summed E-state index contributed by atoms with van der Waals surface area (Å²) in [6.45, 7) is 0.606. The molecule has 0 saturated carbocycles. The summed E-state index contributed by atoms with van der Waals surface area (Å²) < 4.78 is 29.8. The van der Waals surface area contributed by atoms with E-state index in [4.69, 9.17) is 23.2 Å². The molecule has 0 aliphatic heterocycles. The van der Waals surface area contributed by atoms with Crippen molar-refractivity contribution in [3.05, 3.63) is 94.6 Å². The predicted octanol–water partition coefficient (Wildman–Crippen LogP) is 5.75. The van der Waals surface area contributed by atoms with Gasteiger partial charge in [0.05, 0.1) is 15.4 Å². The largest absolute Gasteiger partial charge is 0.350 e. The van der Waals surface area contributed by atoms with Crippen LogP contribution in [0.3, 0.4) is 0 Å². The first kappa shape index (κ1) is 24.1. The molecule has 2 N–H and O–H groups in total. The molecule has 0 spiro atoms. The average molecular weight is 539 g/mol. The fraction of sp³-hybridized carbons (Fsp3) is 0.0800. The van der Waals surface area contributed by atoms with Gasteiger partial charge in [-0.05, 0) is 29.8 Å². The number of nitrogens with one attached hydrogen (secondary N) is 2. The van der Waals surface area contributed by atoms with Crippen molar-refractivity contribution in [2.45, 2.75) is 11.4 Å². The third-order valence-corrected chi connectivity index (χ3v) is 7.84. The second kappa shape index (κ2) is 9.77. The Hall–Kier alpha value is -3.66. The summed E-state index contributed by atoms with van der Waals surface area (Å²) in [5.41, 5.74) is 3.65. The Morgan fingerprint density at radius 1 is 0.944 bits per heavy atom. The van der Waals surface area contributed by atoms with Crippen LogP contribution in [0.5, 0.6) is 0 Å². The van der Waals surface area contributed by atoms with Crippen molar-refractivity contribution in [3.8, 4) is 11.3 Å². The molecule has 8 nitrogen and oxygen atoms in total. The lowest BCUT2D eigenvalue weighted by molar-refractivity contribution is 0.601. The van der Waals surface area contributed by atoms with Crippen LogP contribution in [0.1, 0.15) is 5.56 Å². The predicted molar refractivity (Wildman–Crippen MR) is 143 cm³/mol. The minimum atomic E-state index is -3.92. The smallest absolute Gasteiger partial charge is 0.263 e. The summed E-state index contributed by atoms with van der Waals surface area (Å²) in [7, 11) is -2.10. The number of hydrogen-bond donors (Lipinski definition) is 2. The van der Waals surface area contributed by atoms with Gasteiger partial charge in [-0.1, -0.05) is 71.7 Å². The standard InChI is InChI=1S/C25H20Cl2N6O2S/c1-33-24-19(15-29-25(30-24)28-14-16-6-3-2-4-7-16)23(31-33)17-10-12-18(13-11-17)32-36(34,35)21-9-5-8-20(26)22(21)27/h2-13,15,32H,14H2,1H3,(H,28,29,30). The topological polar surface area (TPSA) is 102 Å². The van der Waals surface area contributed by atoms with Gasteiger partial charge >= 0.3 is 0 Å². The molecule has 0 saturated heterocycles. The van der Waals surface area contributed by atoms with Gasteiger partial charge in [-0.2, -0.15) is 10.1 Å². The van der Waals surface area contributed by atoms with Crippen LogP contribution in [-0.2, 0) is 23.6 Å². The Bertz CT molecular complexity index is 1660. The Morgan fingerprint density at radius 2 is 1.69 bits per heavy atom. The highest BCUT2D eigenvalue weighted by Gasteiger charge is 2.20. The minimum absolute atomic E-state index is 0.0270. The maximum Gasteiger partial charge on any atom is 0.263 e. The molecule has 182 valence electrons. The van der Waals surface area contributed by atoms with E-state index >= 15 is 0 Å². The number of halogens is 2. The van der Waals surface area contributed by atoms with Gasteiger partial charge in [-0.15, -0.1) is 0 Å². The van der Waals surface area contributed by atoms with Gasteiger partial charge in [0.1, 0.15) is 10.6 Å². The molecule has 3 aromatic carbocycles. The van der Waals surface area contributed by atoms with Gasteiger partial charge in [-0.25, -0.2) is 18.1 Å². The second-order valence-corrected chi connectivity index (χ2v) is 10.4. The van der Waals surface area contributed by atoms with E-state index in [9.17, 15) is 8.42 Å². The van der Waals surface area contributed by atoms with Crippen molar-refractivity contribution < 1.29 is 8.42 Å². The summed E-state index contributed by atoms with van der Waals surface area (Å²) in [6.07, 6.45) is 1.73. The van der Waals surface area contributed by atoms with Gasteiger partial charge in [-0.3, -0.25) is 4.72 Å². The third kappa shape index (κ3) is 4.86. The summed E-state index contributed by atoms with van der Waals surface area (Å²) in [4.78, 5) is 8.97. The Labute approximate surface area is 218 Å². The molecule has 5 aromatic rings. The van der Waals surface area contributed by atoms with Gasteiger partial charge < -0.3 is 5.32 Å². The Morgan fingerprint density at radius 3 is 2.44 bits per heavy atom. The van der Waals surface area contributed by atoms with Crippen LogP contribution in [0.4, 0.5) is 11.6 Å². The van der Waals surface area contributed by atoms with Crippen LogP contribution in [0.25, 0.3) is 22.3 Å². The lowest BCUT2D eigenvalue weighted by Crippen LogP contribution is -2.13. The molecule has 2 aromatic heterocycles. The molecule has 0 unspecified atom stereocenters. The van der Waals surface area contributed by atoms with E-state index < -0.39 is 10.0 Å². The zero-order valence-electron chi connectivity index (χ0n) is 19.0. The van der Waals surface area contributed by atoms with Gasteiger partial charge in [0, 0.05) is 31.0 Å². The van der Waals surface area contributed by atoms with Crippen molar-refractivity contribution >= 4 is 55.9 Å². The number of anilines is 2. The van der Waals surface area contributed by atoms with Gasteiger partial charge in [0.25, 0.3) is 10.0 Å². The molecular formula is C25H20Cl2N6O2S. The number of nitrogens with zero attached hydrogens (tertiary/aromatic N) is 4. The number of aromatic nitrogens is 4. The van der Waals surface area contributed by atoms with Crippen molar-refractivity contribution in [1.29, 1.82) is 0 Å². The SMILES string of the molecule is Cn1nc(-c2ccc(NS(=O)(=O)c3cccc(Cl)c3Cl)cc2)c2cnc(NCc3ccccc3)nc21. The number of benzene rings is 3. The average Bonchev–Trinajstić information content (AvgIpc) is 3.21. The summed E-state index contributed by atoms with van der Waals surface area (Å²) >= 11 is 12.1. The molecule has 0 radical (unpaired) electrons. The number of fused-ring (bicyclic) bond motifs is 1. The molecule has 2 heterocycles. The molecule has 36 heavy (non-hydrogen) atoms. The van der Waals surface area contributed by atoms with Crippen LogP contribution in [0.15, 0.2) is 83.9 Å². The maximum absolute atomic E-state index is 12.8. The van der Waals surface area contributed by atoms with E-state index in [1.165, 1.54) is 18.2 Å². The van der Waals surface area contributed by atoms with Crippen molar-refractivity contribution in [2.24, 2.45) is 7.05 Å². The zero-order valence-corrected chi connectivity index (χ0v) is 21.3. The highest BCUT2D eigenvalue weighted by Crippen LogP contribution is 2.31. The van der Waals surface area contributed by atoms with Crippen LogP contribution in [0, 0.1) is 0 Å². The lowest BCUT2D eigenvalue weighted by atomic mass is 10.1. The number of aryl methyl sites for hydroxylation is 1. The molecule has 11 heteroatoms. The Balaban J connectivity index is 1.37. The summed E-state index contributed by atoms with van der Waals surface area (Å²) in [5, 5.41) is 8.76. The highest BCUT2D eigenvalue weighted by molar-refractivity contribution is 7.92. The fourth-order valence-electron chi connectivity index (χ4n) is 3.71. The van der Waals surface area contributed by atoms with Gasteiger partial charge in [0.2, 0.25) is 5.95 Å². The summed E-state index contributed by atoms with van der Waals surface area (Å²) in [6, 6.07) is 21.3. The molecule has 0 aliphatic carbocycles. The van der Waals surface area contributed by atoms with E-state index in [0.717, 1.165) is 16.5 Å². The second-order valence-electron chi connectivity index (χ2n) is 7.98. The van der Waals surface area contributed by atoms with Crippen LogP contribution in [0.2, 0.25) is 10.0 Å². The first-order valence-corrected chi connectivity index (χ1v) is 13.1. The molecule has 5 rings (SSSR count). The number of rotatable bonds is 7. The molecular weight excluding hydrogens is 519 g/mol. The van der Waals surface area contributed by atoms with Crippen molar-refractivity contribution in [3.63, 3.8) is 0 Å². The van der Waals surface area contributed by atoms with E-state index in [0.29, 0.717) is 29.5 Å². The molecule has 0 atom stereocenters. The van der Waals surface area contributed by atoms with Crippen LogP contribution >= 0.6 is 23.2 Å². The maximum atomic E-state index is 12.8. The van der Waals surface area contributed by atoms with Crippen LogP contribution in [-0.4, -0.2) is 28.2 Å². The first-order chi connectivity index (χ1) is 17.3. The minimum Gasteiger partial charge on any atom is -0.350 e.